The molecule has 2 rings (SSSR count). The second-order valence-corrected chi connectivity index (χ2v) is 5.99. The number of ether oxygens (including phenoxy) is 3. The number of anilines is 1. The molecule has 2 aromatic carbocycles. The van der Waals surface area contributed by atoms with E-state index in [0.29, 0.717) is 17.2 Å². The van der Waals surface area contributed by atoms with Gasteiger partial charge in [-0.2, -0.15) is 0 Å². The van der Waals surface area contributed by atoms with Crippen LogP contribution in [0.5, 0.6) is 11.5 Å². The molecule has 0 aliphatic heterocycles. The van der Waals surface area contributed by atoms with E-state index >= 15 is 0 Å². The van der Waals surface area contributed by atoms with Crippen LogP contribution in [-0.2, 0) is 9.53 Å². The summed E-state index contributed by atoms with van der Waals surface area (Å²) in [5.74, 6) is -0.312. The highest BCUT2D eigenvalue weighted by Gasteiger charge is 2.22. The number of halogens is 2. The van der Waals surface area contributed by atoms with E-state index in [4.69, 9.17) is 37.4 Å². The van der Waals surface area contributed by atoms with Crippen LogP contribution < -0.4 is 14.8 Å². The predicted molar refractivity (Wildman–Crippen MR) is 99.5 cm³/mol. The summed E-state index contributed by atoms with van der Waals surface area (Å²) >= 11 is 11.9. The first-order valence-electron chi connectivity index (χ1n) is 7.55. The van der Waals surface area contributed by atoms with Crippen molar-refractivity contribution in [3.8, 4) is 11.5 Å². The van der Waals surface area contributed by atoms with Gasteiger partial charge in [0.05, 0.1) is 35.5 Å². The Morgan fingerprint density at radius 1 is 1.08 bits per heavy atom. The zero-order valence-electron chi connectivity index (χ0n) is 14.3. The molecular formula is C18H17Cl2NO5. The number of nitrogens with one attached hydrogen (secondary N) is 1. The smallest absolute Gasteiger partial charge is 0.340 e. The molecule has 6 nitrogen and oxygen atoms in total. The van der Waals surface area contributed by atoms with E-state index in [-0.39, 0.29) is 15.6 Å². The quantitative estimate of drug-likeness (QED) is 0.739. The maximum Gasteiger partial charge on any atom is 0.340 e. The highest BCUT2D eigenvalue weighted by molar-refractivity contribution is 6.43. The van der Waals surface area contributed by atoms with Crippen molar-refractivity contribution in [1.29, 1.82) is 0 Å². The minimum absolute atomic E-state index is 0.0706. The monoisotopic (exact) mass is 397 g/mol. The van der Waals surface area contributed by atoms with Crippen molar-refractivity contribution in [3.63, 3.8) is 0 Å². The van der Waals surface area contributed by atoms with Crippen LogP contribution in [0.15, 0.2) is 36.4 Å². The van der Waals surface area contributed by atoms with Gasteiger partial charge in [0, 0.05) is 6.07 Å². The number of esters is 1. The van der Waals surface area contributed by atoms with Crippen LogP contribution in [0.25, 0.3) is 0 Å². The van der Waals surface area contributed by atoms with Gasteiger partial charge in [-0.05, 0) is 31.2 Å². The molecular weight excluding hydrogens is 381 g/mol. The molecule has 1 N–H and O–H groups in total. The van der Waals surface area contributed by atoms with E-state index in [2.05, 4.69) is 5.32 Å². The summed E-state index contributed by atoms with van der Waals surface area (Å²) in [7, 11) is 2.98. The standard InChI is InChI=1S/C18H17Cl2NO5/c1-10(26-18(23)12-5-4-6-13(19)16(12)20)17(22)21-14-9-11(24-2)7-8-15(14)25-3/h4-10H,1-3H3,(H,21,22). The Kier molecular flexibility index (Phi) is 6.71. The van der Waals surface area contributed by atoms with Crippen LogP contribution in [0, 0.1) is 0 Å². The zero-order valence-corrected chi connectivity index (χ0v) is 15.9. The van der Waals surface area contributed by atoms with Gasteiger partial charge in [-0.3, -0.25) is 4.79 Å². The fraction of sp³-hybridized carbons (Fsp3) is 0.222. The lowest BCUT2D eigenvalue weighted by atomic mass is 10.2. The van der Waals surface area contributed by atoms with Crippen molar-refractivity contribution in [2.24, 2.45) is 0 Å². The van der Waals surface area contributed by atoms with Crippen molar-refractivity contribution in [2.75, 3.05) is 19.5 Å². The average Bonchev–Trinajstić information content (AvgIpc) is 2.63. The highest BCUT2D eigenvalue weighted by atomic mass is 35.5. The van der Waals surface area contributed by atoms with E-state index in [9.17, 15) is 9.59 Å². The van der Waals surface area contributed by atoms with Gasteiger partial charge < -0.3 is 19.5 Å². The third-order valence-corrected chi connectivity index (χ3v) is 4.31. The van der Waals surface area contributed by atoms with Gasteiger partial charge in [-0.15, -0.1) is 0 Å². The van der Waals surface area contributed by atoms with Gasteiger partial charge in [-0.25, -0.2) is 4.79 Å². The molecule has 26 heavy (non-hydrogen) atoms. The predicted octanol–water partition coefficient (Wildman–Crippen LogP) is 4.19. The van der Waals surface area contributed by atoms with E-state index < -0.39 is 18.0 Å². The van der Waals surface area contributed by atoms with Gasteiger partial charge in [0.2, 0.25) is 0 Å². The van der Waals surface area contributed by atoms with Crippen LogP contribution in [-0.4, -0.2) is 32.2 Å². The maximum absolute atomic E-state index is 12.4. The minimum atomic E-state index is -1.08. The van der Waals surface area contributed by atoms with E-state index in [1.54, 1.807) is 30.3 Å². The van der Waals surface area contributed by atoms with Crippen molar-refractivity contribution >= 4 is 40.8 Å². The fourth-order valence-corrected chi connectivity index (χ4v) is 2.46. The van der Waals surface area contributed by atoms with Gasteiger partial charge in [0.25, 0.3) is 5.91 Å². The normalized spacial score (nSPS) is 11.4. The summed E-state index contributed by atoms with van der Waals surface area (Å²) in [5.41, 5.74) is 0.471. The number of methoxy groups -OCH3 is 2. The van der Waals surface area contributed by atoms with Crippen molar-refractivity contribution < 1.29 is 23.8 Å². The molecule has 1 atom stereocenters. The molecule has 0 heterocycles. The first-order valence-corrected chi connectivity index (χ1v) is 8.30. The second kappa shape index (κ2) is 8.78. The Morgan fingerprint density at radius 3 is 2.46 bits per heavy atom. The number of hydrogen-bond donors (Lipinski definition) is 1. The lowest BCUT2D eigenvalue weighted by Gasteiger charge is -2.16. The van der Waals surface area contributed by atoms with Crippen molar-refractivity contribution in [1.82, 2.24) is 0 Å². The fourth-order valence-electron chi connectivity index (χ4n) is 2.09. The number of hydrogen-bond acceptors (Lipinski definition) is 5. The lowest BCUT2D eigenvalue weighted by molar-refractivity contribution is -0.123. The van der Waals surface area contributed by atoms with Crippen LogP contribution in [0.1, 0.15) is 17.3 Å². The molecule has 0 spiro atoms. The van der Waals surface area contributed by atoms with Gasteiger partial charge >= 0.3 is 5.97 Å². The van der Waals surface area contributed by atoms with Crippen LogP contribution in [0.3, 0.4) is 0 Å². The summed E-state index contributed by atoms with van der Waals surface area (Å²) in [4.78, 5) is 24.6. The second-order valence-electron chi connectivity index (χ2n) is 5.20. The summed E-state index contributed by atoms with van der Waals surface area (Å²) < 4.78 is 15.5. The molecule has 1 amide bonds. The number of carbonyl (C=O) groups is 2. The average molecular weight is 398 g/mol. The first kappa shape index (κ1) is 19.9. The third kappa shape index (κ3) is 4.59. The molecule has 1 unspecified atom stereocenters. The highest BCUT2D eigenvalue weighted by Crippen LogP contribution is 2.29. The summed E-state index contributed by atoms with van der Waals surface area (Å²) in [6, 6.07) is 9.52. The molecule has 138 valence electrons. The maximum atomic E-state index is 12.4. The van der Waals surface area contributed by atoms with Crippen molar-refractivity contribution in [3.05, 3.63) is 52.0 Å². The van der Waals surface area contributed by atoms with E-state index in [1.165, 1.54) is 27.2 Å². The lowest BCUT2D eigenvalue weighted by Crippen LogP contribution is -2.30. The number of benzene rings is 2. The molecule has 0 fully saturated rings. The first-order chi connectivity index (χ1) is 12.4. The molecule has 0 saturated heterocycles. The number of amides is 1. The van der Waals surface area contributed by atoms with E-state index in [0.717, 1.165) is 0 Å². The Hall–Kier alpha value is -2.44. The molecule has 0 radical (unpaired) electrons. The molecule has 0 bridgehead atoms. The summed E-state index contributed by atoms with van der Waals surface area (Å²) in [6.07, 6.45) is -1.08. The minimum Gasteiger partial charge on any atom is -0.497 e. The van der Waals surface area contributed by atoms with Crippen LogP contribution in [0.4, 0.5) is 5.69 Å². The van der Waals surface area contributed by atoms with Crippen LogP contribution >= 0.6 is 23.2 Å². The Bertz CT molecular complexity index is 825. The number of carbonyl (C=O) groups excluding carboxylic acids is 2. The van der Waals surface area contributed by atoms with Crippen molar-refractivity contribution in [2.45, 2.75) is 13.0 Å². The van der Waals surface area contributed by atoms with Gasteiger partial charge in [-0.1, -0.05) is 29.3 Å². The molecule has 2 aromatic rings. The Labute approximate surface area is 160 Å². The van der Waals surface area contributed by atoms with Crippen LogP contribution in [0.2, 0.25) is 10.0 Å². The summed E-state index contributed by atoms with van der Waals surface area (Å²) in [6.45, 7) is 1.44. The molecule has 0 saturated carbocycles. The Morgan fingerprint density at radius 2 is 1.81 bits per heavy atom. The molecule has 8 heteroatoms. The number of rotatable bonds is 6. The largest absolute Gasteiger partial charge is 0.497 e. The van der Waals surface area contributed by atoms with Gasteiger partial charge in [0.1, 0.15) is 11.5 Å². The molecule has 0 aliphatic carbocycles. The molecule has 0 aromatic heterocycles. The van der Waals surface area contributed by atoms with Gasteiger partial charge in [0.15, 0.2) is 6.10 Å². The molecule has 0 aliphatic rings. The zero-order chi connectivity index (χ0) is 19.3. The topological polar surface area (TPSA) is 73.9 Å². The third-order valence-electron chi connectivity index (χ3n) is 3.49. The van der Waals surface area contributed by atoms with E-state index in [1.807, 2.05) is 0 Å². The SMILES string of the molecule is COc1ccc(OC)c(NC(=O)C(C)OC(=O)c2cccc(Cl)c2Cl)c1. The summed E-state index contributed by atoms with van der Waals surface area (Å²) in [5, 5.41) is 2.93. The Balaban J connectivity index is 2.10.